The lowest BCUT2D eigenvalue weighted by atomic mass is 9.81. The van der Waals surface area contributed by atoms with E-state index in [1.807, 2.05) is 36.4 Å². The van der Waals surface area contributed by atoms with E-state index in [1.165, 1.54) is 0 Å². The Labute approximate surface area is 113 Å². The van der Waals surface area contributed by atoms with E-state index in [4.69, 9.17) is 9.47 Å². The van der Waals surface area contributed by atoms with Gasteiger partial charge in [-0.25, -0.2) is 4.79 Å². The van der Waals surface area contributed by atoms with E-state index in [0.717, 1.165) is 11.1 Å². The van der Waals surface area contributed by atoms with Gasteiger partial charge >= 0.3 is 5.97 Å². The monoisotopic (exact) mass is 258 g/mol. The fourth-order valence-electron chi connectivity index (χ4n) is 2.29. The van der Waals surface area contributed by atoms with Crippen LogP contribution in [0.5, 0.6) is 0 Å². The second-order valence-electron chi connectivity index (χ2n) is 4.50. The van der Waals surface area contributed by atoms with Crippen LogP contribution in [0.2, 0.25) is 0 Å². The standard InChI is InChI=1S/C16H18O3/c1-4-19-15(17)12(2)16(18-3)10-9-13-7-5-6-8-14(13)11-16/h5-10H,2,4,11H2,1,3H3. The molecule has 1 aliphatic carbocycles. The first-order chi connectivity index (χ1) is 9.13. The lowest BCUT2D eigenvalue weighted by molar-refractivity contribution is -0.140. The highest BCUT2D eigenvalue weighted by Gasteiger charge is 2.37. The minimum absolute atomic E-state index is 0.331. The maximum Gasteiger partial charge on any atom is 0.336 e. The Morgan fingerprint density at radius 1 is 1.42 bits per heavy atom. The number of benzene rings is 1. The molecule has 1 unspecified atom stereocenters. The number of hydrogen-bond acceptors (Lipinski definition) is 3. The molecule has 0 saturated carbocycles. The summed E-state index contributed by atoms with van der Waals surface area (Å²) in [6, 6.07) is 8.04. The molecular weight excluding hydrogens is 240 g/mol. The van der Waals surface area contributed by atoms with E-state index < -0.39 is 11.6 Å². The number of esters is 1. The van der Waals surface area contributed by atoms with E-state index in [-0.39, 0.29) is 0 Å². The van der Waals surface area contributed by atoms with Crippen molar-refractivity contribution >= 4 is 12.0 Å². The van der Waals surface area contributed by atoms with E-state index in [0.29, 0.717) is 18.6 Å². The molecule has 2 rings (SSSR count). The Hall–Kier alpha value is -1.87. The largest absolute Gasteiger partial charge is 0.463 e. The van der Waals surface area contributed by atoms with Crippen molar-refractivity contribution in [3.05, 3.63) is 53.6 Å². The summed E-state index contributed by atoms with van der Waals surface area (Å²) < 4.78 is 10.6. The molecule has 0 spiro atoms. The molecule has 1 aromatic carbocycles. The molecule has 1 atom stereocenters. The predicted molar refractivity (Wildman–Crippen MR) is 74.7 cm³/mol. The summed E-state index contributed by atoms with van der Waals surface area (Å²) in [7, 11) is 1.59. The Kier molecular flexibility index (Phi) is 3.86. The molecule has 19 heavy (non-hydrogen) atoms. The topological polar surface area (TPSA) is 35.5 Å². The van der Waals surface area contributed by atoms with Crippen molar-refractivity contribution in [1.29, 1.82) is 0 Å². The Bertz CT molecular complexity index is 531. The van der Waals surface area contributed by atoms with Gasteiger partial charge in [0.05, 0.1) is 12.2 Å². The highest BCUT2D eigenvalue weighted by Crippen LogP contribution is 2.33. The number of carbonyl (C=O) groups excluding carboxylic acids is 1. The van der Waals surface area contributed by atoms with Gasteiger partial charge in [-0.1, -0.05) is 36.9 Å². The van der Waals surface area contributed by atoms with E-state index in [1.54, 1.807) is 14.0 Å². The van der Waals surface area contributed by atoms with Crippen LogP contribution in [-0.2, 0) is 20.7 Å². The second kappa shape index (κ2) is 5.41. The maximum atomic E-state index is 11.9. The SMILES string of the molecule is C=C(C(=O)OCC)C1(OC)C=Cc2ccccc2C1. The number of hydrogen-bond donors (Lipinski definition) is 0. The van der Waals surface area contributed by atoms with Gasteiger partial charge in [0.15, 0.2) is 0 Å². The van der Waals surface area contributed by atoms with Crippen molar-refractivity contribution in [3.8, 4) is 0 Å². The van der Waals surface area contributed by atoms with Crippen molar-refractivity contribution in [3.63, 3.8) is 0 Å². The summed E-state index contributed by atoms with van der Waals surface area (Å²) >= 11 is 0. The van der Waals surface area contributed by atoms with Gasteiger partial charge in [0, 0.05) is 13.5 Å². The maximum absolute atomic E-state index is 11.9. The van der Waals surface area contributed by atoms with Crippen LogP contribution in [-0.4, -0.2) is 25.3 Å². The summed E-state index contributed by atoms with van der Waals surface area (Å²) in [5.74, 6) is -0.409. The summed E-state index contributed by atoms with van der Waals surface area (Å²) in [5, 5.41) is 0. The molecule has 0 saturated heterocycles. The van der Waals surface area contributed by atoms with Crippen molar-refractivity contribution in [1.82, 2.24) is 0 Å². The molecule has 0 amide bonds. The lowest BCUT2D eigenvalue weighted by Gasteiger charge is -2.33. The minimum Gasteiger partial charge on any atom is -0.463 e. The molecular formula is C16H18O3. The van der Waals surface area contributed by atoms with Crippen LogP contribution < -0.4 is 0 Å². The third-order valence-corrected chi connectivity index (χ3v) is 3.44. The summed E-state index contributed by atoms with van der Waals surface area (Å²) in [5.41, 5.74) is 1.81. The summed E-state index contributed by atoms with van der Waals surface area (Å²) in [4.78, 5) is 11.9. The summed E-state index contributed by atoms with van der Waals surface area (Å²) in [6.07, 6.45) is 4.44. The van der Waals surface area contributed by atoms with Crippen molar-refractivity contribution in [2.75, 3.05) is 13.7 Å². The van der Waals surface area contributed by atoms with Crippen LogP contribution in [0, 0.1) is 0 Å². The highest BCUT2D eigenvalue weighted by atomic mass is 16.5. The van der Waals surface area contributed by atoms with Crippen LogP contribution in [0.15, 0.2) is 42.5 Å². The number of methoxy groups -OCH3 is 1. The van der Waals surface area contributed by atoms with Crippen molar-refractivity contribution < 1.29 is 14.3 Å². The molecule has 0 fully saturated rings. The van der Waals surface area contributed by atoms with Crippen molar-refractivity contribution in [2.45, 2.75) is 18.9 Å². The smallest absolute Gasteiger partial charge is 0.336 e. The zero-order valence-electron chi connectivity index (χ0n) is 11.3. The molecule has 0 radical (unpaired) electrons. The molecule has 0 heterocycles. The van der Waals surface area contributed by atoms with E-state index >= 15 is 0 Å². The van der Waals surface area contributed by atoms with Gasteiger partial charge in [0.1, 0.15) is 5.60 Å². The zero-order chi connectivity index (χ0) is 13.9. The van der Waals surface area contributed by atoms with Gasteiger partial charge in [-0.15, -0.1) is 0 Å². The minimum atomic E-state index is -0.805. The number of carbonyl (C=O) groups is 1. The molecule has 3 heteroatoms. The molecule has 100 valence electrons. The van der Waals surface area contributed by atoms with Crippen molar-refractivity contribution in [2.24, 2.45) is 0 Å². The summed E-state index contributed by atoms with van der Waals surface area (Å²) in [6.45, 7) is 5.97. The average molecular weight is 258 g/mol. The normalized spacial score (nSPS) is 20.7. The first-order valence-electron chi connectivity index (χ1n) is 6.32. The van der Waals surface area contributed by atoms with E-state index in [2.05, 4.69) is 6.58 Å². The first kappa shape index (κ1) is 13.6. The Morgan fingerprint density at radius 2 is 2.16 bits per heavy atom. The molecule has 0 N–H and O–H groups in total. The van der Waals surface area contributed by atoms with Gasteiger partial charge in [-0.3, -0.25) is 0 Å². The number of rotatable bonds is 4. The van der Waals surface area contributed by atoms with Crippen LogP contribution in [0.25, 0.3) is 6.08 Å². The first-order valence-corrected chi connectivity index (χ1v) is 6.32. The zero-order valence-corrected chi connectivity index (χ0v) is 11.3. The van der Waals surface area contributed by atoms with E-state index in [9.17, 15) is 4.79 Å². The van der Waals surface area contributed by atoms with Gasteiger partial charge in [0.25, 0.3) is 0 Å². The van der Waals surface area contributed by atoms with Gasteiger partial charge in [0.2, 0.25) is 0 Å². The number of ether oxygens (including phenoxy) is 2. The highest BCUT2D eigenvalue weighted by molar-refractivity contribution is 5.91. The molecule has 0 aliphatic heterocycles. The predicted octanol–water partition coefficient (Wildman–Crippen LogP) is 2.76. The quantitative estimate of drug-likeness (QED) is 0.615. The Morgan fingerprint density at radius 3 is 2.84 bits per heavy atom. The molecule has 1 aliphatic rings. The molecule has 1 aromatic rings. The lowest BCUT2D eigenvalue weighted by Crippen LogP contribution is -2.39. The molecule has 3 nitrogen and oxygen atoms in total. The van der Waals surface area contributed by atoms with Crippen LogP contribution in [0.3, 0.4) is 0 Å². The number of fused-ring (bicyclic) bond motifs is 1. The molecule has 0 bridgehead atoms. The average Bonchev–Trinajstić information content (AvgIpc) is 2.46. The van der Waals surface area contributed by atoms with Gasteiger partial charge in [-0.05, 0) is 24.1 Å². The second-order valence-corrected chi connectivity index (χ2v) is 4.50. The van der Waals surface area contributed by atoms with Crippen LogP contribution in [0.1, 0.15) is 18.1 Å². The Balaban J connectivity index is 2.32. The van der Waals surface area contributed by atoms with Gasteiger partial charge < -0.3 is 9.47 Å². The van der Waals surface area contributed by atoms with Crippen LogP contribution in [0.4, 0.5) is 0 Å². The fraction of sp³-hybridized carbons (Fsp3) is 0.312. The fourth-order valence-corrected chi connectivity index (χ4v) is 2.29. The van der Waals surface area contributed by atoms with Gasteiger partial charge in [-0.2, -0.15) is 0 Å². The third kappa shape index (κ3) is 2.47. The third-order valence-electron chi connectivity index (χ3n) is 3.44. The molecule has 0 aromatic heterocycles. The van der Waals surface area contributed by atoms with Crippen LogP contribution >= 0.6 is 0 Å².